The number of benzene rings is 1. The largest absolute Gasteiger partial charge is 0.332 e. The molecule has 0 spiro atoms. The van der Waals surface area contributed by atoms with Crippen LogP contribution in [0.25, 0.3) is 16.9 Å². The summed E-state index contributed by atoms with van der Waals surface area (Å²) in [5.41, 5.74) is 2.99. The lowest BCUT2D eigenvalue weighted by atomic mass is 10.1. The number of hydrogen-bond donors (Lipinski definition) is 1. The summed E-state index contributed by atoms with van der Waals surface area (Å²) in [7, 11) is 1.64. The Labute approximate surface area is 136 Å². The van der Waals surface area contributed by atoms with E-state index in [1.165, 1.54) is 9.13 Å². The van der Waals surface area contributed by atoms with Gasteiger partial charge in [-0.3, -0.25) is 18.3 Å². The van der Waals surface area contributed by atoms with Gasteiger partial charge in [0.05, 0.1) is 6.54 Å². The summed E-state index contributed by atoms with van der Waals surface area (Å²) in [6.45, 7) is 4.11. The van der Waals surface area contributed by atoms with E-state index in [0.29, 0.717) is 16.9 Å². The molecular weight excluding hydrogens is 306 g/mol. The zero-order chi connectivity index (χ0) is 17.0. The molecule has 0 bridgehead atoms. The summed E-state index contributed by atoms with van der Waals surface area (Å²) in [6.07, 6.45) is 1.81. The number of H-pyrrole nitrogens is 1. The minimum atomic E-state index is -0.367. The minimum Gasteiger partial charge on any atom is -0.328 e. The molecule has 0 amide bonds. The van der Waals surface area contributed by atoms with Crippen LogP contribution in [-0.2, 0) is 13.6 Å². The van der Waals surface area contributed by atoms with E-state index < -0.39 is 0 Å². The predicted octanol–water partition coefficient (Wildman–Crippen LogP) is 1.34. The highest BCUT2D eigenvalue weighted by molar-refractivity contribution is 5.75. The third-order valence-electron chi connectivity index (χ3n) is 4.40. The van der Waals surface area contributed by atoms with Crippen molar-refractivity contribution in [3.63, 3.8) is 0 Å². The number of aromatic amines is 1. The van der Waals surface area contributed by atoms with Gasteiger partial charge in [0.1, 0.15) is 0 Å². The van der Waals surface area contributed by atoms with Gasteiger partial charge in [-0.25, -0.2) is 4.79 Å². The van der Waals surface area contributed by atoms with Crippen molar-refractivity contribution in [2.75, 3.05) is 0 Å². The Balaban J connectivity index is 2.05. The lowest BCUT2D eigenvalue weighted by molar-refractivity contribution is 0.655. The Bertz CT molecular complexity index is 1210. The second kappa shape index (κ2) is 4.95. The minimum absolute atomic E-state index is 0.241. The Hall–Kier alpha value is -3.09. The lowest BCUT2D eigenvalue weighted by Gasteiger charge is -2.10. The van der Waals surface area contributed by atoms with Gasteiger partial charge in [-0.05, 0) is 25.0 Å². The number of aryl methyl sites for hydroxylation is 3. The van der Waals surface area contributed by atoms with Crippen LogP contribution in [0.3, 0.4) is 0 Å². The second-order valence-corrected chi connectivity index (χ2v) is 6.07. The van der Waals surface area contributed by atoms with Gasteiger partial charge in [-0.1, -0.05) is 24.3 Å². The van der Waals surface area contributed by atoms with Gasteiger partial charge in [-0.2, -0.15) is 4.98 Å². The van der Waals surface area contributed by atoms with E-state index in [9.17, 15) is 9.59 Å². The van der Waals surface area contributed by atoms with Crippen LogP contribution in [-0.4, -0.2) is 23.5 Å². The van der Waals surface area contributed by atoms with E-state index in [1.807, 2.05) is 44.3 Å². The highest BCUT2D eigenvalue weighted by Gasteiger charge is 2.18. The SMILES string of the molecule is Cc1cn2c(nc3c2c(=O)n(Cc2ccccc2C)c(=O)n3C)[nH]1. The van der Waals surface area contributed by atoms with Gasteiger partial charge in [0.2, 0.25) is 5.78 Å². The monoisotopic (exact) mass is 323 g/mol. The first-order valence-electron chi connectivity index (χ1n) is 7.69. The maximum atomic E-state index is 13.0. The summed E-state index contributed by atoms with van der Waals surface area (Å²) in [4.78, 5) is 33.1. The third kappa shape index (κ3) is 1.94. The highest BCUT2D eigenvalue weighted by atomic mass is 16.2. The Morgan fingerprint density at radius 2 is 1.92 bits per heavy atom. The third-order valence-corrected chi connectivity index (χ3v) is 4.40. The van der Waals surface area contributed by atoms with Gasteiger partial charge < -0.3 is 4.98 Å². The maximum absolute atomic E-state index is 13.0. The number of hydrogen-bond acceptors (Lipinski definition) is 3. The van der Waals surface area contributed by atoms with Crippen LogP contribution in [0.15, 0.2) is 40.1 Å². The van der Waals surface area contributed by atoms with E-state index in [2.05, 4.69) is 9.97 Å². The summed E-state index contributed by atoms with van der Waals surface area (Å²) in [5, 5.41) is 0. The Kier molecular flexibility index (Phi) is 2.99. The standard InChI is InChI=1S/C17H17N5O2/c1-10-6-4-5-7-12(10)9-22-15(23)13-14(20(3)17(22)24)19-16-18-11(2)8-21(13)16/h4-8H,9H2,1-3H3,(H,18,19). The molecule has 1 N–H and O–H groups in total. The molecule has 4 aromatic rings. The van der Waals surface area contributed by atoms with Crippen molar-refractivity contribution in [3.05, 3.63) is 68.1 Å². The van der Waals surface area contributed by atoms with E-state index >= 15 is 0 Å². The van der Waals surface area contributed by atoms with E-state index in [-0.39, 0.29) is 17.8 Å². The van der Waals surface area contributed by atoms with Crippen LogP contribution in [0, 0.1) is 13.8 Å². The molecule has 7 heteroatoms. The predicted molar refractivity (Wildman–Crippen MR) is 91.6 cm³/mol. The number of nitrogens with zero attached hydrogens (tertiary/aromatic N) is 4. The number of fused-ring (bicyclic) bond motifs is 3. The number of rotatable bonds is 2. The first-order chi connectivity index (χ1) is 11.5. The van der Waals surface area contributed by atoms with Gasteiger partial charge >= 0.3 is 5.69 Å². The molecule has 0 saturated carbocycles. The van der Waals surface area contributed by atoms with Crippen molar-refractivity contribution >= 4 is 16.9 Å². The number of imidazole rings is 2. The molecule has 0 unspecified atom stereocenters. The zero-order valence-corrected chi connectivity index (χ0v) is 13.7. The fourth-order valence-corrected chi connectivity index (χ4v) is 3.05. The van der Waals surface area contributed by atoms with E-state index in [4.69, 9.17) is 0 Å². The highest BCUT2D eigenvalue weighted by Crippen LogP contribution is 2.13. The van der Waals surface area contributed by atoms with Crippen molar-refractivity contribution < 1.29 is 0 Å². The Morgan fingerprint density at radius 3 is 2.67 bits per heavy atom. The summed E-state index contributed by atoms with van der Waals surface area (Å²) in [6, 6.07) is 7.74. The molecule has 3 aromatic heterocycles. The smallest absolute Gasteiger partial charge is 0.328 e. The average Bonchev–Trinajstić information content (AvgIpc) is 3.07. The molecule has 1 aromatic carbocycles. The number of aromatic nitrogens is 5. The lowest BCUT2D eigenvalue weighted by Crippen LogP contribution is -2.39. The van der Waals surface area contributed by atoms with Crippen molar-refractivity contribution in [2.24, 2.45) is 7.05 Å². The molecule has 0 saturated heterocycles. The number of nitrogens with one attached hydrogen (secondary N) is 1. The van der Waals surface area contributed by atoms with Gasteiger partial charge in [-0.15, -0.1) is 0 Å². The van der Waals surface area contributed by atoms with E-state index in [1.54, 1.807) is 11.4 Å². The van der Waals surface area contributed by atoms with Crippen LogP contribution in [0.5, 0.6) is 0 Å². The molecule has 4 rings (SSSR count). The van der Waals surface area contributed by atoms with Crippen LogP contribution in [0.4, 0.5) is 0 Å². The zero-order valence-electron chi connectivity index (χ0n) is 13.7. The van der Waals surface area contributed by atoms with Crippen LogP contribution in [0.1, 0.15) is 16.8 Å². The molecular formula is C17H17N5O2. The fraction of sp³-hybridized carbons (Fsp3) is 0.235. The van der Waals surface area contributed by atoms with Crippen LogP contribution in [0.2, 0.25) is 0 Å². The van der Waals surface area contributed by atoms with Crippen LogP contribution >= 0.6 is 0 Å². The summed E-state index contributed by atoms with van der Waals surface area (Å²) in [5.74, 6) is 0.559. The molecule has 0 atom stereocenters. The van der Waals surface area contributed by atoms with Crippen molar-refractivity contribution in [1.82, 2.24) is 23.5 Å². The summed E-state index contributed by atoms with van der Waals surface area (Å²) >= 11 is 0. The molecule has 0 fully saturated rings. The molecule has 0 aliphatic carbocycles. The quantitative estimate of drug-likeness (QED) is 0.605. The maximum Gasteiger partial charge on any atom is 0.332 e. The molecule has 0 radical (unpaired) electrons. The topological polar surface area (TPSA) is 77.1 Å². The van der Waals surface area contributed by atoms with Crippen molar-refractivity contribution in [1.29, 1.82) is 0 Å². The normalized spacial score (nSPS) is 11.6. The van der Waals surface area contributed by atoms with Crippen molar-refractivity contribution in [2.45, 2.75) is 20.4 Å². The van der Waals surface area contributed by atoms with E-state index in [0.717, 1.165) is 16.8 Å². The van der Waals surface area contributed by atoms with Gasteiger partial charge in [0.15, 0.2) is 11.2 Å². The molecule has 0 aliphatic rings. The summed E-state index contributed by atoms with van der Waals surface area (Å²) < 4.78 is 4.40. The molecule has 7 nitrogen and oxygen atoms in total. The average molecular weight is 323 g/mol. The van der Waals surface area contributed by atoms with Crippen molar-refractivity contribution in [3.8, 4) is 0 Å². The van der Waals surface area contributed by atoms with Gasteiger partial charge in [0, 0.05) is 18.9 Å². The molecule has 122 valence electrons. The fourth-order valence-electron chi connectivity index (χ4n) is 3.05. The van der Waals surface area contributed by atoms with Crippen LogP contribution < -0.4 is 11.2 Å². The molecule has 24 heavy (non-hydrogen) atoms. The first kappa shape index (κ1) is 14.5. The first-order valence-corrected chi connectivity index (χ1v) is 7.69. The second-order valence-electron chi connectivity index (χ2n) is 6.07. The molecule has 3 heterocycles. The van der Waals surface area contributed by atoms with Gasteiger partial charge in [0.25, 0.3) is 5.56 Å². The molecule has 0 aliphatic heterocycles. The Morgan fingerprint density at radius 1 is 1.17 bits per heavy atom.